The summed E-state index contributed by atoms with van der Waals surface area (Å²) in [6.45, 7) is 5.48. The zero-order valence-electron chi connectivity index (χ0n) is 15.4. The Kier molecular flexibility index (Phi) is 6.48. The molecule has 2 fully saturated rings. The van der Waals surface area contributed by atoms with Gasteiger partial charge in [0, 0.05) is 25.9 Å². The summed E-state index contributed by atoms with van der Waals surface area (Å²) >= 11 is 0. The molecular formula is C19H32N4O2. The minimum absolute atomic E-state index is 0.0902. The van der Waals surface area contributed by atoms with Crippen molar-refractivity contribution < 1.29 is 9.53 Å². The first-order valence-corrected chi connectivity index (χ1v) is 9.90. The van der Waals surface area contributed by atoms with E-state index in [1.165, 1.54) is 19.3 Å². The molecule has 0 radical (unpaired) electrons. The standard InChI is InChI=1S/C19H32N4O2/c1-2-13-25-19(9-4-3-5-10-19)15-21-18(24)17-8-12-23(22-17)16-7-6-11-20-14-16/h8,12,16,20H,2-7,9-11,13-15H2,1H3,(H,21,24). The molecule has 1 unspecified atom stereocenters. The molecular weight excluding hydrogens is 316 g/mol. The van der Waals surface area contributed by atoms with E-state index in [2.05, 4.69) is 22.7 Å². The first kappa shape index (κ1) is 18.4. The number of amides is 1. The van der Waals surface area contributed by atoms with Crippen LogP contribution in [0.25, 0.3) is 0 Å². The smallest absolute Gasteiger partial charge is 0.271 e. The van der Waals surface area contributed by atoms with Gasteiger partial charge < -0.3 is 15.4 Å². The summed E-state index contributed by atoms with van der Waals surface area (Å²) in [7, 11) is 0. The Morgan fingerprint density at radius 2 is 2.24 bits per heavy atom. The molecule has 2 N–H and O–H groups in total. The van der Waals surface area contributed by atoms with Crippen LogP contribution in [0.2, 0.25) is 0 Å². The molecule has 25 heavy (non-hydrogen) atoms. The van der Waals surface area contributed by atoms with Gasteiger partial charge in [-0.2, -0.15) is 5.10 Å². The second-order valence-corrected chi connectivity index (χ2v) is 7.46. The highest BCUT2D eigenvalue weighted by molar-refractivity contribution is 5.92. The van der Waals surface area contributed by atoms with Crippen molar-refractivity contribution >= 4 is 5.91 Å². The number of ether oxygens (including phenoxy) is 1. The Labute approximate surface area is 150 Å². The fourth-order valence-electron chi connectivity index (χ4n) is 3.94. The maximum Gasteiger partial charge on any atom is 0.271 e. The van der Waals surface area contributed by atoms with Crippen LogP contribution in [-0.4, -0.2) is 47.5 Å². The lowest BCUT2D eigenvalue weighted by molar-refractivity contribution is -0.0669. The molecule has 1 aromatic heterocycles. The lowest BCUT2D eigenvalue weighted by Crippen LogP contribution is -2.46. The molecule has 1 aliphatic carbocycles. The van der Waals surface area contributed by atoms with E-state index >= 15 is 0 Å². The maximum atomic E-state index is 12.5. The lowest BCUT2D eigenvalue weighted by atomic mass is 9.84. The van der Waals surface area contributed by atoms with Crippen molar-refractivity contribution in [3.05, 3.63) is 18.0 Å². The van der Waals surface area contributed by atoms with Gasteiger partial charge in [-0.25, -0.2) is 0 Å². The van der Waals surface area contributed by atoms with Gasteiger partial charge in [-0.1, -0.05) is 26.2 Å². The highest BCUT2D eigenvalue weighted by Gasteiger charge is 2.33. The Morgan fingerprint density at radius 1 is 1.40 bits per heavy atom. The fraction of sp³-hybridized carbons (Fsp3) is 0.789. The molecule has 1 aliphatic heterocycles. The average Bonchev–Trinajstić information content (AvgIpc) is 3.16. The van der Waals surface area contributed by atoms with Crippen LogP contribution >= 0.6 is 0 Å². The van der Waals surface area contributed by atoms with Crippen LogP contribution in [0.15, 0.2) is 12.3 Å². The predicted molar refractivity (Wildman–Crippen MR) is 97.8 cm³/mol. The number of carbonyl (C=O) groups excluding carboxylic acids is 1. The van der Waals surface area contributed by atoms with Crippen molar-refractivity contribution in [3.8, 4) is 0 Å². The minimum atomic E-state index is -0.181. The van der Waals surface area contributed by atoms with Gasteiger partial charge in [-0.3, -0.25) is 9.48 Å². The zero-order valence-corrected chi connectivity index (χ0v) is 15.4. The third-order valence-corrected chi connectivity index (χ3v) is 5.43. The molecule has 2 aliphatic rings. The summed E-state index contributed by atoms with van der Waals surface area (Å²) in [5.41, 5.74) is 0.326. The summed E-state index contributed by atoms with van der Waals surface area (Å²) < 4.78 is 8.09. The number of aromatic nitrogens is 2. The van der Waals surface area contributed by atoms with E-state index in [1.807, 2.05) is 16.9 Å². The van der Waals surface area contributed by atoms with Crippen LogP contribution in [0.1, 0.15) is 74.8 Å². The van der Waals surface area contributed by atoms with Gasteiger partial charge in [0.25, 0.3) is 5.91 Å². The summed E-state index contributed by atoms with van der Waals surface area (Å²) in [5, 5.41) is 11.0. The Hall–Kier alpha value is -1.40. The van der Waals surface area contributed by atoms with E-state index in [4.69, 9.17) is 4.74 Å². The number of carbonyl (C=O) groups is 1. The van der Waals surface area contributed by atoms with E-state index in [1.54, 1.807) is 0 Å². The zero-order chi connectivity index (χ0) is 17.5. The molecule has 2 heterocycles. The molecule has 1 amide bonds. The predicted octanol–water partition coefficient (Wildman–Crippen LogP) is 2.67. The summed E-state index contributed by atoms with van der Waals surface area (Å²) in [5.74, 6) is -0.0902. The van der Waals surface area contributed by atoms with Crippen LogP contribution < -0.4 is 10.6 Å². The van der Waals surface area contributed by atoms with Crippen molar-refractivity contribution in [2.24, 2.45) is 0 Å². The van der Waals surface area contributed by atoms with Crippen molar-refractivity contribution in [1.29, 1.82) is 0 Å². The summed E-state index contributed by atoms with van der Waals surface area (Å²) in [4.78, 5) is 12.5. The number of nitrogens with one attached hydrogen (secondary N) is 2. The lowest BCUT2D eigenvalue weighted by Gasteiger charge is -2.37. The number of hydrogen-bond acceptors (Lipinski definition) is 4. The van der Waals surface area contributed by atoms with Crippen molar-refractivity contribution in [2.75, 3.05) is 26.2 Å². The number of nitrogens with zero attached hydrogens (tertiary/aromatic N) is 2. The van der Waals surface area contributed by atoms with E-state index in [0.717, 1.165) is 51.8 Å². The van der Waals surface area contributed by atoms with Gasteiger partial charge in [0.05, 0.1) is 11.6 Å². The molecule has 1 saturated heterocycles. The molecule has 0 spiro atoms. The molecule has 6 heteroatoms. The van der Waals surface area contributed by atoms with Gasteiger partial charge in [0.2, 0.25) is 0 Å². The molecule has 3 rings (SSSR count). The van der Waals surface area contributed by atoms with Crippen LogP contribution in [0.3, 0.4) is 0 Å². The molecule has 1 aromatic rings. The third-order valence-electron chi connectivity index (χ3n) is 5.43. The maximum absolute atomic E-state index is 12.5. The third kappa shape index (κ3) is 4.82. The Balaban J connectivity index is 1.56. The average molecular weight is 348 g/mol. The molecule has 1 atom stereocenters. The van der Waals surface area contributed by atoms with Gasteiger partial charge in [0.15, 0.2) is 0 Å². The quantitative estimate of drug-likeness (QED) is 0.795. The first-order valence-electron chi connectivity index (χ1n) is 9.90. The topological polar surface area (TPSA) is 68.2 Å². The van der Waals surface area contributed by atoms with Gasteiger partial charge in [-0.15, -0.1) is 0 Å². The Bertz CT molecular complexity index is 545. The SMILES string of the molecule is CCCOC1(CNC(=O)c2ccn(C3CCCNC3)n2)CCCCC1. The summed E-state index contributed by atoms with van der Waals surface area (Å²) in [6.07, 6.45) is 10.9. The highest BCUT2D eigenvalue weighted by atomic mass is 16.5. The van der Waals surface area contributed by atoms with Crippen molar-refractivity contribution in [1.82, 2.24) is 20.4 Å². The second-order valence-electron chi connectivity index (χ2n) is 7.46. The van der Waals surface area contributed by atoms with E-state index in [-0.39, 0.29) is 11.5 Å². The van der Waals surface area contributed by atoms with Crippen LogP contribution in [0.5, 0.6) is 0 Å². The van der Waals surface area contributed by atoms with Crippen LogP contribution in [0.4, 0.5) is 0 Å². The van der Waals surface area contributed by atoms with E-state index in [0.29, 0.717) is 18.3 Å². The number of piperidine rings is 1. The number of rotatable bonds is 7. The second kappa shape index (κ2) is 8.81. The van der Waals surface area contributed by atoms with Crippen molar-refractivity contribution in [2.45, 2.75) is 69.9 Å². The fourth-order valence-corrected chi connectivity index (χ4v) is 3.94. The minimum Gasteiger partial charge on any atom is -0.373 e. The van der Waals surface area contributed by atoms with Crippen molar-refractivity contribution in [3.63, 3.8) is 0 Å². The monoisotopic (exact) mass is 348 g/mol. The van der Waals surface area contributed by atoms with Crippen LogP contribution in [-0.2, 0) is 4.74 Å². The molecule has 0 bridgehead atoms. The van der Waals surface area contributed by atoms with E-state index < -0.39 is 0 Å². The molecule has 140 valence electrons. The molecule has 1 saturated carbocycles. The Morgan fingerprint density at radius 3 is 2.96 bits per heavy atom. The normalized spacial score (nSPS) is 23.3. The van der Waals surface area contributed by atoms with Gasteiger partial charge in [0.1, 0.15) is 5.69 Å². The summed E-state index contributed by atoms with van der Waals surface area (Å²) in [6, 6.07) is 2.18. The van der Waals surface area contributed by atoms with E-state index in [9.17, 15) is 4.79 Å². The van der Waals surface area contributed by atoms with Gasteiger partial charge >= 0.3 is 0 Å². The first-order chi connectivity index (χ1) is 12.2. The largest absolute Gasteiger partial charge is 0.373 e. The molecule has 6 nitrogen and oxygen atoms in total. The number of hydrogen-bond donors (Lipinski definition) is 2. The molecule has 0 aromatic carbocycles. The van der Waals surface area contributed by atoms with Gasteiger partial charge in [-0.05, 0) is 44.7 Å². The van der Waals surface area contributed by atoms with Crippen LogP contribution in [0, 0.1) is 0 Å². The highest BCUT2D eigenvalue weighted by Crippen LogP contribution is 2.31.